The summed E-state index contributed by atoms with van der Waals surface area (Å²) in [4.78, 5) is 11.1. The van der Waals surface area contributed by atoms with Gasteiger partial charge in [-0.1, -0.05) is 35.0 Å². The van der Waals surface area contributed by atoms with Crippen LogP contribution in [0.4, 0.5) is 11.5 Å². The molecule has 0 aliphatic heterocycles. The normalized spacial score (nSPS) is 11.7. The van der Waals surface area contributed by atoms with Crippen LogP contribution in [0.1, 0.15) is 11.8 Å². The highest BCUT2D eigenvalue weighted by molar-refractivity contribution is 9.10. The lowest BCUT2D eigenvalue weighted by Crippen LogP contribution is -2.11. The van der Waals surface area contributed by atoms with Crippen molar-refractivity contribution in [3.8, 4) is 11.1 Å². The first-order chi connectivity index (χ1) is 13.9. The van der Waals surface area contributed by atoms with E-state index in [1.807, 2.05) is 12.1 Å². The summed E-state index contributed by atoms with van der Waals surface area (Å²) in [5.74, 6) is 0.673. The number of nitrogens with zero attached hydrogens (tertiary/aromatic N) is 2. The zero-order valence-electron chi connectivity index (χ0n) is 15.4. The van der Waals surface area contributed by atoms with Crippen molar-refractivity contribution in [2.24, 2.45) is 5.14 Å². The molecule has 3 N–H and O–H groups in total. The van der Waals surface area contributed by atoms with E-state index in [4.69, 9.17) is 5.14 Å². The summed E-state index contributed by atoms with van der Waals surface area (Å²) >= 11 is 5.14. The van der Waals surface area contributed by atoms with Crippen molar-refractivity contribution in [1.82, 2.24) is 9.97 Å². The number of hydrogen-bond acceptors (Lipinski definition) is 6. The highest BCUT2D eigenvalue weighted by Gasteiger charge is 2.18. The number of primary sulfonamides is 1. The molecule has 0 fully saturated rings. The van der Waals surface area contributed by atoms with Gasteiger partial charge in [0.2, 0.25) is 10.0 Å². The molecule has 2 heterocycles. The number of nitrogens with one attached hydrogen (secondary N) is 1. The molecule has 4 rings (SSSR count). The van der Waals surface area contributed by atoms with Gasteiger partial charge in [-0.3, -0.25) is 0 Å². The summed E-state index contributed by atoms with van der Waals surface area (Å²) < 4.78 is 24.0. The van der Waals surface area contributed by atoms with Crippen molar-refractivity contribution < 1.29 is 8.42 Å². The number of rotatable bonds is 5. The zero-order valence-corrected chi connectivity index (χ0v) is 18.6. The van der Waals surface area contributed by atoms with E-state index in [1.165, 1.54) is 23.3 Å². The van der Waals surface area contributed by atoms with Gasteiger partial charge in [0.25, 0.3) is 0 Å². The van der Waals surface area contributed by atoms with E-state index in [-0.39, 0.29) is 4.90 Å². The average molecular weight is 489 g/mol. The third-order valence-corrected chi connectivity index (χ3v) is 7.16. The SMILES string of the molecule is CCc1sc2ncnc(Nc3ccc(S(N)(=O)=O)cc3)c2c1-c1ccc(Br)cc1. The standard InChI is InChI=1S/C20H17BrN4O2S2/c1-2-16-17(12-3-5-13(21)6-4-12)18-19(23-11-24-20(18)28-16)25-14-7-9-15(10-8-14)29(22,26)27/h3-11H,2H2,1H3,(H2,22,26,27)(H,23,24,25). The third-order valence-electron chi connectivity index (χ3n) is 4.46. The molecule has 29 heavy (non-hydrogen) atoms. The smallest absolute Gasteiger partial charge is 0.238 e. The van der Waals surface area contributed by atoms with Crippen LogP contribution in [0.25, 0.3) is 21.3 Å². The summed E-state index contributed by atoms with van der Waals surface area (Å²) in [6.07, 6.45) is 2.42. The highest BCUT2D eigenvalue weighted by atomic mass is 79.9. The minimum Gasteiger partial charge on any atom is -0.340 e. The summed E-state index contributed by atoms with van der Waals surface area (Å²) in [7, 11) is -3.73. The van der Waals surface area contributed by atoms with Crippen molar-refractivity contribution in [2.75, 3.05) is 5.32 Å². The first-order valence-electron chi connectivity index (χ1n) is 8.79. The Morgan fingerprint density at radius 3 is 2.38 bits per heavy atom. The van der Waals surface area contributed by atoms with Crippen LogP contribution in [0.5, 0.6) is 0 Å². The fraction of sp³-hybridized carbons (Fsp3) is 0.100. The maximum Gasteiger partial charge on any atom is 0.238 e. The van der Waals surface area contributed by atoms with Crippen LogP contribution in [-0.4, -0.2) is 18.4 Å². The maximum atomic E-state index is 11.5. The molecule has 0 radical (unpaired) electrons. The molecule has 4 aromatic rings. The molecule has 0 saturated carbocycles. The zero-order chi connectivity index (χ0) is 20.6. The molecular formula is C20H17BrN4O2S2. The number of halogens is 1. The lowest BCUT2D eigenvalue weighted by Gasteiger charge is -2.10. The van der Waals surface area contributed by atoms with Crippen LogP contribution in [-0.2, 0) is 16.4 Å². The van der Waals surface area contributed by atoms with Crippen molar-refractivity contribution in [1.29, 1.82) is 0 Å². The predicted octanol–water partition coefficient (Wildman–Crippen LogP) is 5.07. The molecule has 0 amide bonds. The van der Waals surface area contributed by atoms with Crippen molar-refractivity contribution in [2.45, 2.75) is 18.2 Å². The summed E-state index contributed by atoms with van der Waals surface area (Å²) in [5, 5.41) is 9.42. The largest absolute Gasteiger partial charge is 0.340 e. The van der Waals surface area contributed by atoms with Gasteiger partial charge in [-0.05, 0) is 48.4 Å². The van der Waals surface area contributed by atoms with Crippen LogP contribution in [0.3, 0.4) is 0 Å². The van der Waals surface area contributed by atoms with Crippen LogP contribution in [0.2, 0.25) is 0 Å². The van der Waals surface area contributed by atoms with Crippen LogP contribution in [0, 0.1) is 0 Å². The topological polar surface area (TPSA) is 98.0 Å². The summed E-state index contributed by atoms with van der Waals surface area (Å²) in [6.45, 7) is 2.12. The molecule has 0 unspecified atom stereocenters. The van der Waals surface area contributed by atoms with E-state index in [2.05, 4.69) is 50.3 Å². The Bertz CT molecular complexity index is 1280. The van der Waals surface area contributed by atoms with Crippen LogP contribution < -0.4 is 10.5 Å². The number of aryl methyl sites for hydroxylation is 1. The van der Waals surface area contributed by atoms with Crippen LogP contribution >= 0.6 is 27.3 Å². The second-order valence-corrected chi connectivity index (χ2v) is 9.92. The molecule has 2 aromatic heterocycles. The first-order valence-corrected chi connectivity index (χ1v) is 11.9. The van der Waals surface area contributed by atoms with E-state index < -0.39 is 10.0 Å². The Balaban J connectivity index is 1.83. The molecule has 6 nitrogen and oxygen atoms in total. The molecule has 0 spiro atoms. The van der Waals surface area contributed by atoms with Gasteiger partial charge in [-0.25, -0.2) is 23.5 Å². The van der Waals surface area contributed by atoms with E-state index in [0.29, 0.717) is 11.5 Å². The maximum absolute atomic E-state index is 11.5. The van der Waals surface area contributed by atoms with Crippen molar-refractivity contribution >= 4 is 59.0 Å². The monoisotopic (exact) mass is 488 g/mol. The number of fused-ring (bicyclic) bond motifs is 1. The number of nitrogens with two attached hydrogens (primary N) is 1. The average Bonchev–Trinajstić information content (AvgIpc) is 3.08. The molecule has 0 atom stereocenters. The van der Waals surface area contributed by atoms with Crippen LogP contribution in [0.15, 0.2) is 64.2 Å². The number of sulfonamides is 1. The van der Waals surface area contributed by atoms with E-state index in [1.54, 1.807) is 23.5 Å². The van der Waals surface area contributed by atoms with E-state index >= 15 is 0 Å². The molecule has 0 aliphatic carbocycles. The molecule has 9 heteroatoms. The van der Waals surface area contributed by atoms with Gasteiger partial charge in [0.05, 0.1) is 10.3 Å². The quantitative estimate of drug-likeness (QED) is 0.408. The van der Waals surface area contributed by atoms with Crippen molar-refractivity contribution in [3.63, 3.8) is 0 Å². The minimum atomic E-state index is -3.73. The molecular weight excluding hydrogens is 472 g/mol. The Labute approximate surface area is 181 Å². The highest BCUT2D eigenvalue weighted by Crippen LogP contribution is 2.42. The van der Waals surface area contributed by atoms with Gasteiger partial charge < -0.3 is 5.32 Å². The second kappa shape index (κ2) is 7.83. The number of anilines is 2. The first kappa shape index (κ1) is 20.0. The summed E-state index contributed by atoms with van der Waals surface area (Å²) in [5.41, 5.74) is 2.92. The molecule has 0 saturated heterocycles. The number of benzene rings is 2. The number of aromatic nitrogens is 2. The lowest BCUT2D eigenvalue weighted by atomic mass is 10.0. The minimum absolute atomic E-state index is 0.0650. The summed E-state index contributed by atoms with van der Waals surface area (Å²) in [6, 6.07) is 14.4. The van der Waals surface area contributed by atoms with Crippen molar-refractivity contribution in [3.05, 3.63) is 64.2 Å². The number of hydrogen-bond donors (Lipinski definition) is 2. The van der Waals surface area contributed by atoms with Gasteiger partial charge in [-0.15, -0.1) is 11.3 Å². The lowest BCUT2D eigenvalue weighted by molar-refractivity contribution is 0.598. The van der Waals surface area contributed by atoms with Gasteiger partial charge >= 0.3 is 0 Å². The van der Waals surface area contributed by atoms with Gasteiger partial charge in [0.1, 0.15) is 17.0 Å². The molecule has 148 valence electrons. The Hall–Kier alpha value is -2.33. The second-order valence-electron chi connectivity index (χ2n) is 6.36. The van der Waals surface area contributed by atoms with Gasteiger partial charge in [0, 0.05) is 20.6 Å². The molecule has 0 aliphatic rings. The van der Waals surface area contributed by atoms with E-state index in [9.17, 15) is 8.42 Å². The fourth-order valence-corrected chi connectivity index (χ4v) is 4.99. The van der Waals surface area contributed by atoms with Gasteiger partial charge in [-0.2, -0.15) is 0 Å². The Morgan fingerprint density at radius 1 is 1.07 bits per heavy atom. The predicted molar refractivity (Wildman–Crippen MR) is 121 cm³/mol. The third kappa shape index (κ3) is 4.04. The fourth-order valence-electron chi connectivity index (χ4n) is 3.11. The molecule has 0 bridgehead atoms. The Kier molecular flexibility index (Phi) is 5.39. The Morgan fingerprint density at radius 2 is 1.76 bits per heavy atom. The molecule has 2 aromatic carbocycles. The number of thiophene rings is 1. The van der Waals surface area contributed by atoms with E-state index in [0.717, 1.165) is 32.2 Å². The van der Waals surface area contributed by atoms with Gasteiger partial charge in [0.15, 0.2) is 0 Å².